The van der Waals surface area contributed by atoms with Gasteiger partial charge < -0.3 is 4.90 Å². The lowest BCUT2D eigenvalue weighted by molar-refractivity contribution is 0.479. The van der Waals surface area contributed by atoms with Crippen LogP contribution in [0.15, 0.2) is 90.3 Å². The van der Waals surface area contributed by atoms with E-state index in [1.165, 1.54) is 12.1 Å². The second kappa shape index (κ2) is 15.2. The number of hydrogen-bond acceptors (Lipinski definition) is 8. The van der Waals surface area contributed by atoms with Crippen LogP contribution in [0.3, 0.4) is 0 Å². The lowest BCUT2D eigenvalue weighted by Gasteiger charge is -2.27. The Balaban J connectivity index is 1.99. The minimum absolute atomic E-state index is 0.0955. The predicted octanol–water partition coefficient (Wildman–Crippen LogP) is 6.25. The fourth-order valence-corrected chi connectivity index (χ4v) is 7.20. The van der Waals surface area contributed by atoms with Crippen molar-refractivity contribution in [3.8, 4) is 0 Å². The van der Waals surface area contributed by atoms with Crippen LogP contribution in [0, 0.1) is 5.41 Å². The molecule has 48 heavy (non-hydrogen) atoms. The zero-order valence-electron chi connectivity index (χ0n) is 27.1. The van der Waals surface area contributed by atoms with E-state index in [0.29, 0.717) is 32.3 Å². The molecule has 0 atom stereocenters. The maximum absolute atomic E-state index is 11.9. The topological polar surface area (TPSA) is 191 Å². The van der Waals surface area contributed by atoms with Crippen LogP contribution in [-0.2, 0) is 35.8 Å². The van der Waals surface area contributed by atoms with Crippen molar-refractivity contribution in [2.75, 3.05) is 29.5 Å². The molecular formula is C31H39BrClN3O9S3. The molecule has 0 bridgehead atoms. The molecule has 0 radical (unpaired) electrons. The zero-order chi connectivity index (χ0) is 36.3. The van der Waals surface area contributed by atoms with Crippen molar-refractivity contribution in [2.45, 2.75) is 57.8 Å². The standard InChI is InChI=1S/C31H39BrClN3O9S3/c1-6-22(33)19-25-29(34-15-7-17-46(37,38)39)35-27(30(25,2)3)13-9-21(32)10-14-28-31(4,5)24-20-23(48(43,44)45)11-12-26(24)36(28)16-8-18-47(40,41)42/h6,9-14,19-20H,7-8,15-18H2,1-5H3,(H,37,38,39)(H,40,41,42)(H,43,44,45)/b13-9+,21-10-,22-6+,25-19+,28-14+,34-29-. The third-order valence-corrected chi connectivity index (χ3v) is 11.2. The maximum atomic E-state index is 11.9. The number of amidine groups is 1. The monoisotopic (exact) mass is 807 g/mol. The smallest absolute Gasteiger partial charge is 0.294 e. The number of halogens is 2. The average molecular weight is 809 g/mol. The van der Waals surface area contributed by atoms with E-state index in [0.717, 1.165) is 11.3 Å². The molecule has 0 aliphatic carbocycles. The van der Waals surface area contributed by atoms with Crippen molar-refractivity contribution in [2.24, 2.45) is 15.4 Å². The van der Waals surface area contributed by atoms with Crippen LogP contribution < -0.4 is 4.90 Å². The number of benzene rings is 1. The Kier molecular flexibility index (Phi) is 12.7. The summed E-state index contributed by atoms with van der Waals surface area (Å²) in [4.78, 5) is 10.8. The van der Waals surface area contributed by atoms with Crippen molar-refractivity contribution in [3.05, 3.63) is 81.0 Å². The van der Waals surface area contributed by atoms with Gasteiger partial charge in [-0.05, 0) is 73.9 Å². The van der Waals surface area contributed by atoms with Crippen molar-refractivity contribution in [1.82, 2.24) is 0 Å². The van der Waals surface area contributed by atoms with Crippen molar-refractivity contribution in [1.29, 1.82) is 0 Å². The van der Waals surface area contributed by atoms with Crippen LogP contribution in [0.4, 0.5) is 5.69 Å². The van der Waals surface area contributed by atoms with Gasteiger partial charge in [0.2, 0.25) is 0 Å². The molecule has 2 heterocycles. The Morgan fingerprint density at radius 2 is 1.62 bits per heavy atom. The van der Waals surface area contributed by atoms with Gasteiger partial charge in [-0.2, -0.15) is 25.3 Å². The third kappa shape index (κ3) is 10.3. The highest BCUT2D eigenvalue weighted by atomic mass is 79.9. The molecule has 264 valence electrons. The first-order valence-electron chi connectivity index (χ1n) is 14.7. The highest BCUT2D eigenvalue weighted by Gasteiger charge is 2.41. The predicted molar refractivity (Wildman–Crippen MR) is 194 cm³/mol. The zero-order valence-corrected chi connectivity index (χ0v) is 31.8. The summed E-state index contributed by atoms with van der Waals surface area (Å²) in [6.07, 6.45) is 10.9. The summed E-state index contributed by atoms with van der Waals surface area (Å²) in [6.45, 7) is 9.77. The summed E-state index contributed by atoms with van der Waals surface area (Å²) in [5.74, 6) is -0.489. The van der Waals surface area contributed by atoms with E-state index in [1.807, 2.05) is 38.7 Å². The third-order valence-electron chi connectivity index (χ3n) is 7.91. The summed E-state index contributed by atoms with van der Waals surface area (Å²) in [5, 5.41) is 0.474. The Morgan fingerprint density at radius 3 is 2.21 bits per heavy atom. The van der Waals surface area contributed by atoms with Gasteiger partial charge in [-0.3, -0.25) is 18.7 Å². The maximum Gasteiger partial charge on any atom is 0.294 e. The highest BCUT2D eigenvalue weighted by molar-refractivity contribution is 9.11. The second-order valence-electron chi connectivity index (χ2n) is 12.2. The van der Waals surface area contributed by atoms with Gasteiger partial charge in [0, 0.05) is 50.4 Å². The second-order valence-corrected chi connectivity index (χ2v) is 18.1. The Labute approximate surface area is 296 Å². The molecule has 0 unspecified atom stereocenters. The van der Waals surface area contributed by atoms with E-state index in [2.05, 4.69) is 20.9 Å². The summed E-state index contributed by atoms with van der Waals surface area (Å²) >= 11 is 9.89. The van der Waals surface area contributed by atoms with Crippen LogP contribution >= 0.6 is 27.5 Å². The van der Waals surface area contributed by atoms with Gasteiger partial charge in [0.15, 0.2) is 5.84 Å². The van der Waals surface area contributed by atoms with Crippen LogP contribution in [0.25, 0.3) is 0 Å². The van der Waals surface area contributed by atoms with Crippen molar-refractivity contribution < 1.29 is 38.9 Å². The molecule has 2 aliphatic rings. The quantitative estimate of drug-likeness (QED) is 0.117. The number of anilines is 1. The van der Waals surface area contributed by atoms with E-state index >= 15 is 0 Å². The SMILES string of the molecule is C\C=C(Cl)/C=C1\C(=N\CCCS(=O)(=O)O)N=C(/C=C/C(Br)=C/C=C2/N(CCCS(=O)(=O)O)c3ccc(S(=O)(=O)O)cc3C2(C)C)C1(C)C. The van der Waals surface area contributed by atoms with E-state index in [4.69, 9.17) is 21.1 Å². The van der Waals surface area contributed by atoms with E-state index in [9.17, 15) is 34.4 Å². The Bertz CT molecular complexity index is 1990. The summed E-state index contributed by atoms with van der Waals surface area (Å²) in [5.41, 5.74) is 1.96. The summed E-state index contributed by atoms with van der Waals surface area (Å²) < 4.78 is 97.4. The van der Waals surface area contributed by atoms with Gasteiger partial charge >= 0.3 is 0 Å². The molecule has 2 aliphatic heterocycles. The lowest BCUT2D eigenvalue weighted by atomic mass is 9.81. The first kappa shape index (κ1) is 40.0. The molecule has 0 amide bonds. The van der Waals surface area contributed by atoms with Crippen LogP contribution in [0.1, 0.15) is 53.0 Å². The van der Waals surface area contributed by atoms with E-state index in [1.54, 1.807) is 43.4 Å². The fraction of sp³-hybridized carbons (Fsp3) is 0.419. The largest absolute Gasteiger partial charge is 0.344 e. The first-order chi connectivity index (χ1) is 22.0. The van der Waals surface area contributed by atoms with Crippen LogP contribution in [-0.4, -0.2) is 75.1 Å². The Hall–Kier alpha value is -2.44. The molecule has 3 rings (SSSR count). The normalized spacial score (nSPS) is 21.2. The molecule has 3 N–H and O–H groups in total. The molecule has 1 aromatic rings. The molecule has 17 heteroatoms. The highest BCUT2D eigenvalue weighted by Crippen LogP contribution is 2.48. The van der Waals surface area contributed by atoms with Crippen molar-refractivity contribution in [3.63, 3.8) is 0 Å². The van der Waals surface area contributed by atoms with Crippen LogP contribution in [0.5, 0.6) is 0 Å². The molecule has 12 nitrogen and oxygen atoms in total. The number of allylic oxidation sites excluding steroid dienone is 9. The number of rotatable bonds is 13. The molecule has 0 saturated carbocycles. The summed E-state index contributed by atoms with van der Waals surface area (Å²) in [7, 11) is -12.8. The van der Waals surface area contributed by atoms with Crippen molar-refractivity contribution >= 4 is 75.1 Å². The number of fused-ring (bicyclic) bond motifs is 1. The van der Waals surface area contributed by atoms with Gasteiger partial charge in [-0.15, -0.1) is 0 Å². The summed E-state index contributed by atoms with van der Waals surface area (Å²) in [6, 6.07) is 4.23. The first-order valence-corrected chi connectivity index (χ1v) is 20.5. The minimum atomic E-state index is -4.47. The van der Waals surface area contributed by atoms with E-state index in [-0.39, 0.29) is 30.8 Å². The molecule has 0 aromatic heterocycles. The van der Waals surface area contributed by atoms with Gasteiger partial charge in [0.05, 0.1) is 22.1 Å². The molecule has 1 aromatic carbocycles. The minimum Gasteiger partial charge on any atom is -0.344 e. The van der Waals surface area contributed by atoms with Gasteiger partial charge in [-0.1, -0.05) is 61.3 Å². The van der Waals surface area contributed by atoms with Gasteiger partial charge in [0.25, 0.3) is 30.4 Å². The Morgan fingerprint density at radius 1 is 1.00 bits per heavy atom. The van der Waals surface area contributed by atoms with Gasteiger partial charge in [0.1, 0.15) is 0 Å². The number of nitrogens with zero attached hydrogens (tertiary/aromatic N) is 3. The molecule has 0 fully saturated rings. The van der Waals surface area contributed by atoms with E-state index < -0.39 is 52.7 Å². The molecule has 0 spiro atoms. The lowest BCUT2D eigenvalue weighted by Crippen LogP contribution is -2.28. The van der Waals surface area contributed by atoms with Gasteiger partial charge in [-0.25, -0.2) is 4.99 Å². The fourth-order valence-electron chi connectivity index (χ4n) is 5.33. The number of aliphatic imine (C=N–C) groups is 2. The molecule has 0 saturated heterocycles. The molecular weight excluding hydrogens is 770 g/mol. The average Bonchev–Trinajstić information content (AvgIpc) is 3.31. The van der Waals surface area contributed by atoms with Crippen LogP contribution in [0.2, 0.25) is 0 Å². The number of hydrogen-bond donors (Lipinski definition) is 3.